The van der Waals surface area contributed by atoms with Crippen LogP contribution in [0.3, 0.4) is 0 Å². The van der Waals surface area contributed by atoms with Crippen LogP contribution in [-0.4, -0.2) is 38.0 Å². The van der Waals surface area contributed by atoms with Crippen LogP contribution in [0.25, 0.3) is 10.9 Å². The third-order valence-electron chi connectivity index (χ3n) is 4.39. The Hall–Kier alpha value is -2.79. The zero-order chi connectivity index (χ0) is 21.6. The number of aryl methyl sites for hydroxylation is 1. The number of hydrogen-bond donors (Lipinski definition) is 1. The molecule has 0 aliphatic carbocycles. The molecule has 0 aliphatic heterocycles. The number of nitrogens with zero attached hydrogens (tertiary/aromatic N) is 2. The molecule has 3 rings (SSSR count). The van der Waals surface area contributed by atoms with Crippen molar-refractivity contribution in [2.45, 2.75) is 24.1 Å². The summed E-state index contributed by atoms with van der Waals surface area (Å²) < 4.78 is 76.5. The first kappa shape index (κ1) is 20.9. The first-order valence-corrected chi connectivity index (χ1v) is 9.73. The van der Waals surface area contributed by atoms with Gasteiger partial charge in [0.15, 0.2) is 11.9 Å². The fourth-order valence-electron chi connectivity index (χ4n) is 3.05. The summed E-state index contributed by atoms with van der Waals surface area (Å²) >= 11 is 0. The summed E-state index contributed by atoms with van der Waals surface area (Å²) in [7, 11) is -2.06. The third kappa shape index (κ3) is 3.51. The van der Waals surface area contributed by atoms with Gasteiger partial charge in [0.05, 0.1) is 22.9 Å². The Morgan fingerprint density at radius 3 is 2.24 bits per heavy atom. The fourth-order valence-corrected chi connectivity index (χ4v) is 4.34. The first-order chi connectivity index (χ1) is 13.5. The van der Waals surface area contributed by atoms with E-state index in [4.69, 9.17) is 10.5 Å². The molecule has 2 aromatic carbocycles. The molecule has 29 heavy (non-hydrogen) atoms. The highest BCUT2D eigenvalue weighted by atomic mass is 32.2. The van der Waals surface area contributed by atoms with Gasteiger partial charge in [-0.05, 0) is 25.1 Å². The number of nitrogen functional groups attached to an aromatic ring is 1. The number of anilines is 1. The standard InChI is InChI=1S/C18H18F3N3O4S/c1-10-4-6-11(7-5-10)29(25,26)24-13-9-8-12(16(28-3)18(19,20)21)15(27-2)14(13)17(22)23-24/h4-9,16H,1-3H3,(H2,22,23). The zero-order valence-electron chi connectivity index (χ0n) is 15.7. The Balaban J connectivity index is 2.28. The van der Waals surface area contributed by atoms with Crippen LogP contribution in [0.1, 0.15) is 17.2 Å². The molecule has 0 saturated heterocycles. The van der Waals surface area contributed by atoms with Crippen molar-refractivity contribution < 1.29 is 31.1 Å². The van der Waals surface area contributed by atoms with Gasteiger partial charge >= 0.3 is 6.18 Å². The minimum atomic E-state index is -4.71. The molecule has 0 bridgehead atoms. The van der Waals surface area contributed by atoms with Crippen molar-refractivity contribution in [3.8, 4) is 5.75 Å². The number of hydrogen-bond acceptors (Lipinski definition) is 6. The van der Waals surface area contributed by atoms with E-state index in [-0.39, 0.29) is 32.9 Å². The maximum absolute atomic E-state index is 13.3. The van der Waals surface area contributed by atoms with Gasteiger partial charge in [-0.25, -0.2) is 0 Å². The summed E-state index contributed by atoms with van der Waals surface area (Å²) in [6.45, 7) is 1.80. The number of benzene rings is 2. The normalized spacial score (nSPS) is 13.6. The van der Waals surface area contributed by atoms with Crippen LogP contribution in [0.5, 0.6) is 5.75 Å². The molecule has 11 heteroatoms. The number of alkyl halides is 3. The molecular weight excluding hydrogens is 411 g/mol. The lowest BCUT2D eigenvalue weighted by Crippen LogP contribution is -2.23. The van der Waals surface area contributed by atoms with Gasteiger partial charge in [-0.1, -0.05) is 23.8 Å². The van der Waals surface area contributed by atoms with Crippen LogP contribution < -0.4 is 10.5 Å². The predicted molar refractivity (Wildman–Crippen MR) is 100 cm³/mol. The highest BCUT2D eigenvalue weighted by Crippen LogP contribution is 2.44. The minimum Gasteiger partial charge on any atom is -0.496 e. The van der Waals surface area contributed by atoms with Crippen molar-refractivity contribution in [2.24, 2.45) is 0 Å². The highest BCUT2D eigenvalue weighted by molar-refractivity contribution is 7.90. The van der Waals surface area contributed by atoms with Crippen LogP contribution in [0.4, 0.5) is 19.0 Å². The second-order valence-corrected chi connectivity index (χ2v) is 8.05. The number of methoxy groups -OCH3 is 2. The Labute approximate surface area is 164 Å². The highest BCUT2D eigenvalue weighted by Gasteiger charge is 2.43. The molecular formula is C18H18F3N3O4S. The van der Waals surface area contributed by atoms with Gasteiger partial charge in [-0.3, -0.25) is 0 Å². The van der Waals surface area contributed by atoms with Crippen LogP contribution in [0, 0.1) is 6.92 Å². The minimum absolute atomic E-state index is 0.0132. The van der Waals surface area contributed by atoms with Gasteiger partial charge in [0, 0.05) is 12.7 Å². The predicted octanol–water partition coefficient (Wildman–Crippen LogP) is 3.42. The maximum Gasteiger partial charge on any atom is 0.418 e. The Morgan fingerprint density at radius 2 is 1.72 bits per heavy atom. The van der Waals surface area contributed by atoms with E-state index in [0.29, 0.717) is 4.09 Å². The van der Waals surface area contributed by atoms with E-state index in [1.54, 1.807) is 19.1 Å². The van der Waals surface area contributed by atoms with E-state index in [9.17, 15) is 21.6 Å². The van der Waals surface area contributed by atoms with Crippen LogP contribution in [0.15, 0.2) is 41.3 Å². The molecule has 0 aliphatic rings. The molecule has 3 aromatic rings. The molecule has 1 aromatic heterocycles. The molecule has 1 unspecified atom stereocenters. The number of halogens is 3. The quantitative estimate of drug-likeness (QED) is 0.668. The van der Waals surface area contributed by atoms with Crippen molar-refractivity contribution in [1.29, 1.82) is 0 Å². The molecule has 1 atom stereocenters. The second-order valence-electron chi connectivity index (χ2n) is 6.29. The summed E-state index contributed by atoms with van der Waals surface area (Å²) in [6, 6.07) is 8.33. The Morgan fingerprint density at radius 1 is 1.10 bits per heavy atom. The fraction of sp³-hybridized carbons (Fsp3) is 0.278. The van der Waals surface area contributed by atoms with Gasteiger partial charge in [0.2, 0.25) is 0 Å². The van der Waals surface area contributed by atoms with E-state index < -0.39 is 22.3 Å². The monoisotopic (exact) mass is 429 g/mol. The average molecular weight is 429 g/mol. The number of ether oxygens (including phenoxy) is 2. The number of nitrogens with two attached hydrogens (primary N) is 1. The zero-order valence-corrected chi connectivity index (χ0v) is 16.5. The lowest BCUT2D eigenvalue weighted by molar-refractivity contribution is -0.216. The van der Waals surface area contributed by atoms with Gasteiger partial charge in [0.1, 0.15) is 5.75 Å². The number of aromatic nitrogens is 2. The summed E-state index contributed by atoms with van der Waals surface area (Å²) in [6.07, 6.45) is -6.99. The van der Waals surface area contributed by atoms with E-state index >= 15 is 0 Å². The van der Waals surface area contributed by atoms with E-state index in [1.807, 2.05) is 0 Å². The van der Waals surface area contributed by atoms with Crippen molar-refractivity contribution in [3.05, 3.63) is 47.5 Å². The second kappa shape index (κ2) is 7.23. The van der Waals surface area contributed by atoms with Crippen molar-refractivity contribution in [1.82, 2.24) is 9.19 Å². The van der Waals surface area contributed by atoms with E-state index in [1.165, 1.54) is 18.2 Å². The topological polar surface area (TPSA) is 96.4 Å². The first-order valence-electron chi connectivity index (χ1n) is 8.29. The molecule has 2 N–H and O–H groups in total. The third-order valence-corrected chi connectivity index (χ3v) is 5.99. The van der Waals surface area contributed by atoms with E-state index in [0.717, 1.165) is 25.8 Å². The largest absolute Gasteiger partial charge is 0.496 e. The lowest BCUT2D eigenvalue weighted by atomic mass is 10.0. The average Bonchev–Trinajstić information content (AvgIpc) is 2.99. The van der Waals surface area contributed by atoms with Gasteiger partial charge in [-0.15, -0.1) is 5.10 Å². The number of rotatable bonds is 5. The molecule has 0 spiro atoms. The molecule has 7 nitrogen and oxygen atoms in total. The summed E-state index contributed by atoms with van der Waals surface area (Å²) in [5.74, 6) is -0.541. The molecule has 156 valence electrons. The van der Waals surface area contributed by atoms with Crippen LogP contribution in [-0.2, 0) is 14.8 Å². The Bertz CT molecular complexity index is 1160. The number of fused-ring (bicyclic) bond motifs is 1. The van der Waals surface area contributed by atoms with Gasteiger partial charge < -0.3 is 15.2 Å². The lowest BCUT2D eigenvalue weighted by Gasteiger charge is -2.21. The Kier molecular flexibility index (Phi) is 5.22. The molecule has 0 fully saturated rings. The summed E-state index contributed by atoms with van der Waals surface area (Å²) in [5.41, 5.74) is 6.38. The molecule has 0 amide bonds. The van der Waals surface area contributed by atoms with Crippen LogP contribution >= 0.6 is 0 Å². The molecule has 0 radical (unpaired) electrons. The molecule has 1 heterocycles. The SMILES string of the molecule is COc1c(C(OC)C(F)(F)F)ccc2c1c(N)nn2S(=O)(=O)c1ccc(C)cc1. The van der Waals surface area contributed by atoms with Crippen molar-refractivity contribution in [3.63, 3.8) is 0 Å². The van der Waals surface area contributed by atoms with Gasteiger partial charge in [0.25, 0.3) is 10.0 Å². The maximum atomic E-state index is 13.3. The smallest absolute Gasteiger partial charge is 0.418 e. The molecule has 0 saturated carbocycles. The van der Waals surface area contributed by atoms with Crippen molar-refractivity contribution in [2.75, 3.05) is 20.0 Å². The van der Waals surface area contributed by atoms with Crippen molar-refractivity contribution >= 4 is 26.7 Å². The van der Waals surface area contributed by atoms with Gasteiger partial charge in [-0.2, -0.15) is 25.7 Å². The van der Waals surface area contributed by atoms with Crippen LogP contribution in [0.2, 0.25) is 0 Å². The van der Waals surface area contributed by atoms with E-state index in [2.05, 4.69) is 9.84 Å². The summed E-state index contributed by atoms with van der Waals surface area (Å²) in [4.78, 5) is -0.0411. The summed E-state index contributed by atoms with van der Waals surface area (Å²) in [5, 5.41) is 3.81.